The van der Waals surface area contributed by atoms with E-state index in [1.54, 1.807) is 5.38 Å². The number of ether oxygens (including phenoxy) is 1. The largest absolute Gasteiger partial charge is 0.464 e. The maximum atomic E-state index is 11.4. The summed E-state index contributed by atoms with van der Waals surface area (Å²) >= 11 is 1.48. The smallest absolute Gasteiger partial charge is 0.357 e. The van der Waals surface area contributed by atoms with Gasteiger partial charge in [-0.25, -0.2) is 9.78 Å². The summed E-state index contributed by atoms with van der Waals surface area (Å²) in [6.07, 6.45) is 7.76. The Labute approximate surface area is 118 Å². The van der Waals surface area contributed by atoms with E-state index in [0.29, 0.717) is 11.7 Å². The highest BCUT2D eigenvalue weighted by Gasteiger charge is 2.23. The fraction of sp³-hybridized carbons (Fsp3) is 0.714. The van der Waals surface area contributed by atoms with Crippen LogP contribution in [0.3, 0.4) is 0 Å². The average molecular weight is 282 g/mol. The van der Waals surface area contributed by atoms with Crippen molar-refractivity contribution in [2.75, 3.05) is 12.4 Å². The first-order chi connectivity index (χ1) is 9.24. The summed E-state index contributed by atoms with van der Waals surface area (Å²) in [5.74, 6) is 0.374. The van der Waals surface area contributed by atoms with Gasteiger partial charge >= 0.3 is 5.97 Å². The highest BCUT2D eigenvalue weighted by Crippen LogP contribution is 2.30. The first kappa shape index (κ1) is 14.3. The molecule has 106 valence electrons. The number of aromatic nitrogens is 1. The summed E-state index contributed by atoms with van der Waals surface area (Å²) in [4.78, 5) is 15.7. The quantitative estimate of drug-likeness (QED) is 0.837. The molecule has 4 nitrogen and oxygen atoms in total. The highest BCUT2D eigenvalue weighted by atomic mass is 32.1. The van der Waals surface area contributed by atoms with Gasteiger partial charge in [0.25, 0.3) is 0 Å². The molecule has 1 atom stereocenters. The molecule has 1 fully saturated rings. The Balaban J connectivity index is 1.97. The molecule has 1 unspecified atom stereocenters. The summed E-state index contributed by atoms with van der Waals surface area (Å²) in [5.41, 5.74) is 0.397. The molecule has 1 heterocycles. The van der Waals surface area contributed by atoms with Gasteiger partial charge in [0.2, 0.25) is 0 Å². The minimum absolute atomic E-state index is 0.366. The second-order valence-electron chi connectivity index (χ2n) is 5.09. The monoisotopic (exact) mass is 282 g/mol. The summed E-state index contributed by atoms with van der Waals surface area (Å²) < 4.78 is 4.67. The normalized spacial score (nSPS) is 18.0. The minimum Gasteiger partial charge on any atom is -0.464 e. The number of thiazole rings is 1. The topological polar surface area (TPSA) is 51.2 Å². The van der Waals surface area contributed by atoms with E-state index in [9.17, 15) is 4.79 Å². The molecular weight excluding hydrogens is 260 g/mol. The van der Waals surface area contributed by atoms with E-state index >= 15 is 0 Å². The fourth-order valence-electron chi connectivity index (χ4n) is 2.79. The second-order valence-corrected chi connectivity index (χ2v) is 5.94. The maximum absolute atomic E-state index is 11.4. The number of hydrogen-bond donors (Lipinski definition) is 1. The van der Waals surface area contributed by atoms with Crippen LogP contribution in [0.25, 0.3) is 0 Å². The molecule has 1 N–H and O–H groups in total. The first-order valence-corrected chi connectivity index (χ1v) is 7.93. The predicted molar refractivity (Wildman–Crippen MR) is 77.7 cm³/mol. The Morgan fingerprint density at radius 2 is 2.26 bits per heavy atom. The van der Waals surface area contributed by atoms with Gasteiger partial charge in [0.05, 0.1) is 7.11 Å². The molecule has 0 radical (unpaired) electrons. The van der Waals surface area contributed by atoms with Crippen LogP contribution < -0.4 is 5.32 Å². The van der Waals surface area contributed by atoms with E-state index in [2.05, 4.69) is 22.0 Å². The summed E-state index contributed by atoms with van der Waals surface area (Å²) in [6, 6.07) is 0.469. The molecule has 19 heavy (non-hydrogen) atoms. The standard InChI is InChI=1S/C14H22N2O2S/c1-3-11(10-7-5-4-6-8-10)15-14-16-12(9-19-14)13(17)18-2/h9-11H,3-8H2,1-2H3,(H,15,16). The van der Waals surface area contributed by atoms with E-state index in [-0.39, 0.29) is 5.97 Å². The van der Waals surface area contributed by atoms with Gasteiger partial charge in [-0.15, -0.1) is 11.3 Å². The van der Waals surface area contributed by atoms with Crippen LogP contribution in [0, 0.1) is 5.92 Å². The molecule has 0 spiro atoms. The molecule has 0 aliphatic heterocycles. The average Bonchev–Trinajstić information content (AvgIpc) is 2.93. The lowest BCUT2D eigenvalue weighted by Gasteiger charge is -2.30. The van der Waals surface area contributed by atoms with Crippen LogP contribution in [0.5, 0.6) is 0 Å². The number of hydrogen-bond acceptors (Lipinski definition) is 5. The second kappa shape index (κ2) is 6.89. The van der Waals surface area contributed by atoms with Crippen LogP contribution in [0.15, 0.2) is 5.38 Å². The SMILES string of the molecule is CCC(Nc1nc(C(=O)OC)cs1)C1CCCCC1. The minimum atomic E-state index is -0.366. The Kier molecular flexibility index (Phi) is 5.19. The zero-order valence-corrected chi connectivity index (χ0v) is 12.5. The van der Waals surface area contributed by atoms with Crippen molar-refractivity contribution in [3.8, 4) is 0 Å². The third kappa shape index (κ3) is 3.69. The van der Waals surface area contributed by atoms with Crippen molar-refractivity contribution in [2.24, 2.45) is 5.92 Å². The third-order valence-electron chi connectivity index (χ3n) is 3.87. The number of methoxy groups -OCH3 is 1. The van der Waals surface area contributed by atoms with Crippen LogP contribution in [0.2, 0.25) is 0 Å². The van der Waals surface area contributed by atoms with E-state index < -0.39 is 0 Å². The van der Waals surface area contributed by atoms with Gasteiger partial charge in [-0.05, 0) is 25.2 Å². The van der Waals surface area contributed by atoms with Crippen molar-refractivity contribution in [3.63, 3.8) is 0 Å². The summed E-state index contributed by atoms with van der Waals surface area (Å²) in [6.45, 7) is 2.21. The Bertz CT molecular complexity index is 413. The maximum Gasteiger partial charge on any atom is 0.357 e. The molecule has 1 aromatic rings. The van der Waals surface area contributed by atoms with Crippen molar-refractivity contribution in [3.05, 3.63) is 11.1 Å². The predicted octanol–water partition coefficient (Wildman–Crippen LogP) is 3.70. The van der Waals surface area contributed by atoms with Crippen molar-refractivity contribution in [1.82, 2.24) is 4.98 Å². The van der Waals surface area contributed by atoms with Crippen LogP contribution in [-0.2, 0) is 4.74 Å². The summed E-state index contributed by atoms with van der Waals surface area (Å²) in [7, 11) is 1.38. The third-order valence-corrected chi connectivity index (χ3v) is 4.64. The van der Waals surface area contributed by atoms with Crippen LogP contribution in [0.4, 0.5) is 5.13 Å². The van der Waals surface area contributed by atoms with Gasteiger partial charge in [-0.2, -0.15) is 0 Å². The van der Waals surface area contributed by atoms with Crippen molar-refractivity contribution >= 4 is 22.4 Å². The Morgan fingerprint density at radius 3 is 2.89 bits per heavy atom. The number of nitrogens with one attached hydrogen (secondary N) is 1. The molecule has 0 bridgehead atoms. The Hall–Kier alpha value is -1.10. The number of esters is 1. The van der Waals surface area contributed by atoms with Crippen molar-refractivity contribution in [2.45, 2.75) is 51.5 Å². The highest BCUT2D eigenvalue weighted by molar-refractivity contribution is 7.13. The van der Waals surface area contributed by atoms with E-state index in [0.717, 1.165) is 17.5 Å². The number of anilines is 1. The van der Waals surface area contributed by atoms with Crippen LogP contribution in [-0.4, -0.2) is 24.1 Å². The molecule has 1 saturated carbocycles. The van der Waals surface area contributed by atoms with E-state index in [1.165, 1.54) is 50.6 Å². The molecule has 5 heteroatoms. The number of carbonyl (C=O) groups is 1. The van der Waals surface area contributed by atoms with Gasteiger partial charge in [0, 0.05) is 11.4 Å². The van der Waals surface area contributed by atoms with E-state index in [4.69, 9.17) is 0 Å². The van der Waals surface area contributed by atoms with Gasteiger partial charge in [-0.3, -0.25) is 0 Å². The molecule has 1 aromatic heterocycles. The fourth-order valence-corrected chi connectivity index (χ4v) is 3.53. The zero-order valence-electron chi connectivity index (χ0n) is 11.6. The number of carbonyl (C=O) groups excluding carboxylic acids is 1. The molecule has 1 aliphatic rings. The lowest BCUT2D eigenvalue weighted by Crippen LogP contribution is -2.30. The lowest BCUT2D eigenvalue weighted by atomic mass is 9.83. The van der Waals surface area contributed by atoms with Crippen molar-refractivity contribution < 1.29 is 9.53 Å². The summed E-state index contributed by atoms with van der Waals surface area (Å²) in [5, 5.41) is 6.08. The van der Waals surface area contributed by atoms with Gasteiger partial charge in [0.15, 0.2) is 10.8 Å². The molecule has 1 aliphatic carbocycles. The molecule has 0 aromatic carbocycles. The Morgan fingerprint density at radius 1 is 1.53 bits per heavy atom. The van der Waals surface area contributed by atoms with Gasteiger partial charge < -0.3 is 10.1 Å². The van der Waals surface area contributed by atoms with Gasteiger partial charge in [0.1, 0.15) is 0 Å². The first-order valence-electron chi connectivity index (χ1n) is 7.05. The molecule has 0 saturated heterocycles. The number of rotatable bonds is 5. The zero-order chi connectivity index (χ0) is 13.7. The molecule has 0 amide bonds. The number of nitrogens with zero attached hydrogens (tertiary/aromatic N) is 1. The molecule has 2 rings (SSSR count). The van der Waals surface area contributed by atoms with Crippen LogP contribution >= 0.6 is 11.3 Å². The van der Waals surface area contributed by atoms with Crippen LogP contribution in [0.1, 0.15) is 55.9 Å². The van der Waals surface area contributed by atoms with Gasteiger partial charge in [-0.1, -0.05) is 26.2 Å². The molecular formula is C14H22N2O2S. The van der Waals surface area contributed by atoms with Crippen molar-refractivity contribution in [1.29, 1.82) is 0 Å². The lowest BCUT2D eigenvalue weighted by molar-refractivity contribution is 0.0595. The van der Waals surface area contributed by atoms with E-state index in [1.807, 2.05) is 0 Å².